The molecule has 2 saturated heterocycles. The second-order valence-corrected chi connectivity index (χ2v) is 6.22. The predicted octanol–water partition coefficient (Wildman–Crippen LogP) is 0.872. The third-order valence-corrected chi connectivity index (χ3v) is 4.24. The first-order chi connectivity index (χ1) is 9.69. The van der Waals surface area contributed by atoms with Crippen LogP contribution in [0.5, 0.6) is 0 Å². The molecular formula is C15H30N4O. The molecule has 0 saturated carbocycles. The van der Waals surface area contributed by atoms with Crippen LogP contribution >= 0.6 is 0 Å². The molecular weight excluding hydrogens is 252 g/mol. The normalized spacial score (nSPS) is 28.1. The van der Waals surface area contributed by atoms with Gasteiger partial charge in [-0.15, -0.1) is 0 Å². The Morgan fingerprint density at radius 3 is 2.85 bits per heavy atom. The van der Waals surface area contributed by atoms with Gasteiger partial charge in [-0.25, -0.2) is 0 Å². The third kappa shape index (κ3) is 4.63. The zero-order chi connectivity index (χ0) is 14.4. The van der Waals surface area contributed by atoms with Crippen LogP contribution < -0.4 is 5.32 Å². The highest BCUT2D eigenvalue weighted by molar-refractivity contribution is 5.79. The number of likely N-dealkylation sites (tertiary alicyclic amines) is 1. The summed E-state index contributed by atoms with van der Waals surface area (Å²) in [6.07, 6.45) is 2.46. The highest BCUT2D eigenvalue weighted by atomic mass is 16.5. The van der Waals surface area contributed by atoms with Crippen LogP contribution in [0, 0.1) is 11.8 Å². The number of nitrogens with one attached hydrogen (secondary N) is 1. The maximum absolute atomic E-state index is 5.46. The molecule has 2 aliphatic rings. The fraction of sp³-hybridized carbons (Fsp3) is 0.933. The molecule has 0 aromatic rings. The number of nitrogens with zero attached hydrogens (tertiary/aromatic N) is 3. The van der Waals surface area contributed by atoms with Crippen LogP contribution in [-0.2, 0) is 4.74 Å². The lowest BCUT2D eigenvalue weighted by molar-refractivity contribution is 0.181. The molecule has 0 aromatic carbocycles. The molecule has 2 heterocycles. The number of hydrogen-bond donors (Lipinski definition) is 1. The topological polar surface area (TPSA) is 40.1 Å². The van der Waals surface area contributed by atoms with E-state index in [2.05, 4.69) is 36.1 Å². The van der Waals surface area contributed by atoms with Gasteiger partial charge in [0.2, 0.25) is 0 Å². The Morgan fingerprint density at radius 2 is 2.25 bits per heavy atom. The first-order valence-corrected chi connectivity index (χ1v) is 7.94. The van der Waals surface area contributed by atoms with Gasteiger partial charge in [0.25, 0.3) is 0 Å². The zero-order valence-electron chi connectivity index (χ0n) is 13.3. The summed E-state index contributed by atoms with van der Waals surface area (Å²) >= 11 is 0. The van der Waals surface area contributed by atoms with E-state index in [1.165, 1.54) is 25.9 Å². The summed E-state index contributed by atoms with van der Waals surface area (Å²) < 4.78 is 5.46. The van der Waals surface area contributed by atoms with Crippen molar-refractivity contribution in [1.29, 1.82) is 0 Å². The zero-order valence-corrected chi connectivity index (χ0v) is 13.3. The van der Waals surface area contributed by atoms with Crippen LogP contribution in [0.4, 0.5) is 0 Å². The van der Waals surface area contributed by atoms with Crippen molar-refractivity contribution in [2.75, 3.05) is 60.0 Å². The van der Waals surface area contributed by atoms with Gasteiger partial charge in [-0.3, -0.25) is 4.99 Å². The van der Waals surface area contributed by atoms with Crippen molar-refractivity contribution in [3.63, 3.8) is 0 Å². The minimum absolute atomic E-state index is 0.654. The third-order valence-electron chi connectivity index (χ3n) is 4.24. The molecule has 2 unspecified atom stereocenters. The fourth-order valence-corrected chi connectivity index (χ4v) is 3.06. The molecule has 20 heavy (non-hydrogen) atoms. The fourth-order valence-electron chi connectivity index (χ4n) is 3.06. The Kier molecular flexibility index (Phi) is 6.10. The molecule has 0 amide bonds. The molecule has 0 radical (unpaired) electrons. The van der Waals surface area contributed by atoms with Gasteiger partial charge in [0.15, 0.2) is 5.96 Å². The first kappa shape index (κ1) is 15.6. The van der Waals surface area contributed by atoms with Crippen molar-refractivity contribution >= 4 is 5.96 Å². The molecule has 0 aliphatic carbocycles. The molecule has 0 aromatic heterocycles. The Morgan fingerprint density at radius 1 is 1.40 bits per heavy atom. The van der Waals surface area contributed by atoms with E-state index in [1.54, 1.807) is 0 Å². The van der Waals surface area contributed by atoms with Crippen molar-refractivity contribution in [1.82, 2.24) is 15.1 Å². The van der Waals surface area contributed by atoms with E-state index in [4.69, 9.17) is 9.73 Å². The highest BCUT2D eigenvalue weighted by Gasteiger charge is 2.21. The van der Waals surface area contributed by atoms with E-state index in [0.717, 1.165) is 44.7 Å². The van der Waals surface area contributed by atoms with Gasteiger partial charge in [0.1, 0.15) is 0 Å². The van der Waals surface area contributed by atoms with Gasteiger partial charge < -0.3 is 19.9 Å². The van der Waals surface area contributed by atoms with Crippen molar-refractivity contribution in [3.05, 3.63) is 0 Å². The van der Waals surface area contributed by atoms with Crippen molar-refractivity contribution in [3.8, 4) is 0 Å². The SMILES string of the molecule is CCNC(=NCC1CCN(C)C1)N(C)CC1CCOC1. The van der Waals surface area contributed by atoms with Crippen molar-refractivity contribution in [2.24, 2.45) is 16.8 Å². The summed E-state index contributed by atoms with van der Waals surface area (Å²) in [5.41, 5.74) is 0. The average Bonchev–Trinajstić information content (AvgIpc) is 3.06. The summed E-state index contributed by atoms with van der Waals surface area (Å²) in [6, 6.07) is 0. The molecule has 0 spiro atoms. The molecule has 5 heteroatoms. The van der Waals surface area contributed by atoms with Crippen LogP contribution in [0.25, 0.3) is 0 Å². The van der Waals surface area contributed by atoms with E-state index >= 15 is 0 Å². The maximum Gasteiger partial charge on any atom is 0.193 e. The minimum atomic E-state index is 0.654. The lowest BCUT2D eigenvalue weighted by atomic mass is 10.1. The molecule has 116 valence electrons. The molecule has 2 fully saturated rings. The Bertz CT molecular complexity index is 315. The number of ether oxygens (including phenoxy) is 1. The lowest BCUT2D eigenvalue weighted by Crippen LogP contribution is -2.41. The monoisotopic (exact) mass is 282 g/mol. The van der Waals surface area contributed by atoms with Crippen molar-refractivity contribution < 1.29 is 4.74 Å². The smallest absolute Gasteiger partial charge is 0.193 e. The number of hydrogen-bond acceptors (Lipinski definition) is 3. The quantitative estimate of drug-likeness (QED) is 0.600. The summed E-state index contributed by atoms with van der Waals surface area (Å²) in [7, 11) is 4.34. The second kappa shape index (κ2) is 7.84. The summed E-state index contributed by atoms with van der Waals surface area (Å²) in [5.74, 6) is 2.42. The summed E-state index contributed by atoms with van der Waals surface area (Å²) in [5, 5.41) is 3.41. The lowest BCUT2D eigenvalue weighted by Gasteiger charge is -2.25. The van der Waals surface area contributed by atoms with E-state index in [-0.39, 0.29) is 0 Å². The number of rotatable bonds is 5. The summed E-state index contributed by atoms with van der Waals surface area (Å²) in [6.45, 7) is 9.25. The molecule has 2 aliphatic heterocycles. The minimum Gasteiger partial charge on any atom is -0.381 e. The van der Waals surface area contributed by atoms with Crippen LogP contribution in [0.15, 0.2) is 4.99 Å². The van der Waals surface area contributed by atoms with Crippen LogP contribution in [0.3, 0.4) is 0 Å². The van der Waals surface area contributed by atoms with E-state index in [0.29, 0.717) is 5.92 Å². The second-order valence-electron chi connectivity index (χ2n) is 6.22. The molecule has 2 atom stereocenters. The van der Waals surface area contributed by atoms with E-state index in [1.807, 2.05) is 0 Å². The largest absolute Gasteiger partial charge is 0.381 e. The Hall–Kier alpha value is -0.810. The van der Waals surface area contributed by atoms with Gasteiger partial charge in [-0.1, -0.05) is 0 Å². The number of aliphatic imine (C=N–C) groups is 1. The standard InChI is InChI=1S/C15H30N4O/c1-4-16-15(17-9-13-5-7-18(2)10-13)19(3)11-14-6-8-20-12-14/h13-14H,4-12H2,1-3H3,(H,16,17). The van der Waals surface area contributed by atoms with Crippen LogP contribution in [0.2, 0.25) is 0 Å². The van der Waals surface area contributed by atoms with E-state index < -0.39 is 0 Å². The molecule has 5 nitrogen and oxygen atoms in total. The van der Waals surface area contributed by atoms with Crippen LogP contribution in [-0.4, -0.2) is 75.8 Å². The molecule has 0 bridgehead atoms. The Labute approximate surface area is 123 Å². The molecule has 2 rings (SSSR count). The summed E-state index contributed by atoms with van der Waals surface area (Å²) in [4.78, 5) is 9.50. The first-order valence-electron chi connectivity index (χ1n) is 7.94. The van der Waals surface area contributed by atoms with E-state index in [9.17, 15) is 0 Å². The predicted molar refractivity (Wildman–Crippen MR) is 83.1 cm³/mol. The van der Waals surface area contributed by atoms with Crippen LogP contribution in [0.1, 0.15) is 19.8 Å². The van der Waals surface area contributed by atoms with Gasteiger partial charge in [-0.05, 0) is 39.3 Å². The Balaban J connectivity index is 1.83. The number of guanidine groups is 1. The van der Waals surface area contributed by atoms with Gasteiger partial charge in [-0.2, -0.15) is 0 Å². The van der Waals surface area contributed by atoms with Crippen molar-refractivity contribution in [2.45, 2.75) is 19.8 Å². The molecule has 1 N–H and O–H groups in total. The average molecular weight is 282 g/mol. The van der Waals surface area contributed by atoms with Gasteiger partial charge in [0, 0.05) is 45.8 Å². The van der Waals surface area contributed by atoms with Gasteiger partial charge in [0.05, 0.1) is 6.61 Å². The van der Waals surface area contributed by atoms with Gasteiger partial charge >= 0.3 is 0 Å². The highest BCUT2D eigenvalue weighted by Crippen LogP contribution is 2.15. The maximum atomic E-state index is 5.46.